The second-order valence-corrected chi connectivity index (χ2v) is 7.71. The highest BCUT2D eigenvalue weighted by Gasteiger charge is 2.32. The minimum Gasteiger partial charge on any atom is -0.406 e. The predicted octanol–water partition coefficient (Wildman–Crippen LogP) is 5.77. The Hall–Kier alpha value is -2.39. The summed E-state index contributed by atoms with van der Waals surface area (Å²) in [5.41, 5.74) is 0.838. The topological polar surface area (TPSA) is 53.9 Å². The number of amidine groups is 1. The van der Waals surface area contributed by atoms with E-state index in [0.717, 1.165) is 12.1 Å². The maximum Gasteiger partial charge on any atom is 0.573 e. The van der Waals surface area contributed by atoms with Gasteiger partial charge in [-0.1, -0.05) is 36.4 Å². The van der Waals surface area contributed by atoms with Gasteiger partial charge in [0.1, 0.15) is 5.75 Å². The molecule has 3 rings (SSSR count). The number of urea groups is 1. The maximum absolute atomic E-state index is 12.9. The molecule has 2 aromatic rings. The lowest BCUT2D eigenvalue weighted by molar-refractivity contribution is -0.274. The van der Waals surface area contributed by atoms with Crippen LogP contribution in [0.3, 0.4) is 0 Å². The molecule has 0 aliphatic carbocycles. The van der Waals surface area contributed by atoms with Gasteiger partial charge in [0.15, 0.2) is 5.17 Å². The molecule has 0 saturated carbocycles. The Morgan fingerprint density at radius 1 is 1.29 bits per heavy atom. The largest absolute Gasteiger partial charge is 0.573 e. The number of ether oxygens (including phenoxy) is 1. The van der Waals surface area contributed by atoms with E-state index in [1.54, 1.807) is 24.3 Å². The molecule has 5 nitrogen and oxygen atoms in total. The highest BCUT2D eigenvalue weighted by Crippen LogP contribution is 2.30. The summed E-state index contributed by atoms with van der Waals surface area (Å²) in [6.07, 6.45) is -4.79. The molecule has 0 aromatic heterocycles. The summed E-state index contributed by atoms with van der Waals surface area (Å²) in [6.45, 7) is 2.50. The molecule has 1 atom stereocenters. The average Bonchev–Trinajstić information content (AvgIpc) is 3.01. The minimum absolute atomic E-state index is 0.185. The lowest BCUT2D eigenvalue weighted by Crippen LogP contribution is -2.38. The smallest absolute Gasteiger partial charge is 0.406 e. The van der Waals surface area contributed by atoms with Crippen molar-refractivity contribution in [3.8, 4) is 5.75 Å². The third-order valence-electron chi connectivity index (χ3n) is 3.59. The quantitative estimate of drug-likeness (QED) is 0.674. The number of nitrogens with zero attached hydrogens (tertiary/aromatic N) is 2. The summed E-state index contributed by atoms with van der Waals surface area (Å²) in [5, 5.41) is 3.82. The summed E-state index contributed by atoms with van der Waals surface area (Å²) in [6, 6.07) is 11.1. The molecule has 0 spiro atoms. The molecule has 1 aliphatic heterocycles. The van der Waals surface area contributed by atoms with Crippen LogP contribution in [0.5, 0.6) is 5.75 Å². The van der Waals surface area contributed by atoms with E-state index in [1.807, 2.05) is 6.92 Å². The molecule has 0 saturated heterocycles. The first-order valence-electron chi connectivity index (χ1n) is 8.15. The Morgan fingerprint density at radius 3 is 2.57 bits per heavy atom. The molecule has 1 heterocycles. The van der Waals surface area contributed by atoms with Crippen LogP contribution in [-0.4, -0.2) is 29.4 Å². The zero-order valence-corrected chi connectivity index (χ0v) is 16.1. The van der Waals surface area contributed by atoms with Crippen molar-refractivity contribution in [2.24, 2.45) is 4.99 Å². The second-order valence-electron chi connectivity index (χ2n) is 5.87. The van der Waals surface area contributed by atoms with Crippen LogP contribution < -0.4 is 15.0 Å². The predicted molar refractivity (Wildman–Crippen MR) is 105 cm³/mol. The van der Waals surface area contributed by atoms with Crippen molar-refractivity contribution in [3.63, 3.8) is 0 Å². The summed E-state index contributed by atoms with van der Waals surface area (Å²) >= 11 is 7.35. The van der Waals surface area contributed by atoms with Gasteiger partial charge in [-0.3, -0.25) is 4.99 Å². The molecule has 28 heavy (non-hydrogen) atoms. The molecular formula is C18H15ClF3N3O2S. The lowest BCUT2D eigenvalue weighted by Gasteiger charge is -2.23. The van der Waals surface area contributed by atoms with Gasteiger partial charge in [0.25, 0.3) is 0 Å². The molecule has 2 aromatic carbocycles. The molecule has 0 bridgehead atoms. The number of hydrogen-bond acceptors (Lipinski definition) is 4. The van der Waals surface area contributed by atoms with Crippen LogP contribution in [0.4, 0.5) is 29.3 Å². The zero-order valence-electron chi connectivity index (χ0n) is 14.5. The SMILES string of the molecule is CC1CN=C(N(C(=O)Nc2cccc(Cl)c2)c2ccc(OC(F)(F)F)cc2)S1. The van der Waals surface area contributed by atoms with E-state index in [2.05, 4.69) is 15.0 Å². The van der Waals surface area contributed by atoms with Gasteiger partial charge in [-0.2, -0.15) is 0 Å². The molecule has 0 fully saturated rings. The van der Waals surface area contributed by atoms with Crippen molar-refractivity contribution in [1.29, 1.82) is 0 Å². The van der Waals surface area contributed by atoms with Gasteiger partial charge < -0.3 is 10.1 Å². The fourth-order valence-corrected chi connectivity index (χ4v) is 3.58. The molecule has 2 amide bonds. The second kappa shape index (κ2) is 8.32. The van der Waals surface area contributed by atoms with Crippen LogP contribution >= 0.6 is 23.4 Å². The Balaban J connectivity index is 1.86. The Bertz CT molecular complexity index is 890. The van der Waals surface area contributed by atoms with Crippen molar-refractivity contribution >= 4 is 45.9 Å². The van der Waals surface area contributed by atoms with Crippen LogP contribution in [0.25, 0.3) is 0 Å². The first-order chi connectivity index (χ1) is 13.2. The molecule has 1 aliphatic rings. The molecule has 0 radical (unpaired) electrons. The summed E-state index contributed by atoms with van der Waals surface area (Å²) in [5.74, 6) is -0.374. The van der Waals surface area contributed by atoms with Gasteiger partial charge >= 0.3 is 12.4 Å². The third-order valence-corrected chi connectivity index (χ3v) is 4.90. The van der Waals surface area contributed by atoms with Crippen LogP contribution in [0.1, 0.15) is 6.92 Å². The van der Waals surface area contributed by atoms with E-state index in [0.29, 0.717) is 28.1 Å². The van der Waals surface area contributed by atoms with Gasteiger partial charge in [-0.25, -0.2) is 9.69 Å². The first kappa shape index (κ1) is 20.3. The van der Waals surface area contributed by atoms with Crippen LogP contribution in [0.15, 0.2) is 53.5 Å². The van der Waals surface area contributed by atoms with Gasteiger partial charge in [0.2, 0.25) is 0 Å². The number of carbonyl (C=O) groups is 1. The van der Waals surface area contributed by atoms with E-state index in [-0.39, 0.29) is 11.0 Å². The number of halogens is 4. The van der Waals surface area contributed by atoms with Crippen molar-refractivity contribution in [1.82, 2.24) is 0 Å². The number of rotatable bonds is 3. The van der Waals surface area contributed by atoms with Crippen molar-refractivity contribution in [3.05, 3.63) is 53.6 Å². The van der Waals surface area contributed by atoms with Gasteiger partial charge in [-0.15, -0.1) is 13.2 Å². The fraction of sp³-hybridized carbons (Fsp3) is 0.222. The third kappa shape index (κ3) is 5.32. The minimum atomic E-state index is -4.79. The molecule has 10 heteroatoms. The standard InChI is InChI=1S/C18H15ClF3N3O2S/c1-11-10-23-17(28-11)25(16(26)24-13-4-2-3-12(19)9-13)14-5-7-15(8-6-14)27-18(20,21)22/h2-9,11H,10H2,1H3,(H,24,26). The van der Waals surface area contributed by atoms with Crippen molar-refractivity contribution < 1.29 is 22.7 Å². The Kier molecular flexibility index (Phi) is 6.04. The van der Waals surface area contributed by atoms with E-state index in [1.165, 1.54) is 28.8 Å². The number of carbonyl (C=O) groups excluding carboxylic acids is 1. The number of hydrogen-bond donors (Lipinski definition) is 1. The number of benzene rings is 2. The van der Waals surface area contributed by atoms with E-state index in [4.69, 9.17) is 11.6 Å². The average molecular weight is 430 g/mol. The van der Waals surface area contributed by atoms with E-state index in [9.17, 15) is 18.0 Å². The summed E-state index contributed by atoms with van der Waals surface area (Å²) in [4.78, 5) is 18.6. The number of nitrogens with one attached hydrogen (secondary N) is 1. The van der Waals surface area contributed by atoms with E-state index >= 15 is 0 Å². The van der Waals surface area contributed by atoms with Gasteiger partial charge in [0.05, 0.1) is 12.2 Å². The fourth-order valence-electron chi connectivity index (χ4n) is 2.44. The molecule has 1 N–H and O–H groups in total. The number of alkyl halides is 3. The monoisotopic (exact) mass is 429 g/mol. The van der Waals surface area contributed by atoms with Crippen molar-refractivity contribution in [2.45, 2.75) is 18.5 Å². The van der Waals surface area contributed by atoms with Crippen LogP contribution in [-0.2, 0) is 0 Å². The number of amides is 2. The maximum atomic E-state index is 12.9. The summed E-state index contributed by atoms with van der Waals surface area (Å²) < 4.78 is 41.0. The highest BCUT2D eigenvalue weighted by atomic mass is 35.5. The summed E-state index contributed by atoms with van der Waals surface area (Å²) in [7, 11) is 0. The van der Waals surface area contributed by atoms with E-state index < -0.39 is 12.4 Å². The molecule has 148 valence electrons. The normalized spacial score (nSPS) is 16.5. The Labute approximate surface area is 168 Å². The number of anilines is 2. The lowest BCUT2D eigenvalue weighted by atomic mass is 10.3. The Morgan fingerprint density at radius 2 is 2.00 bits per heavy atom. The van der Waals surface area contributed by atoms with Gasteiger partial charge in [0, 0.05) is 16.0 Å². The molecular weight excluding hydrogens is 415 g/mol. The van der Waals surface area contributed by atoms with Crippen LogP contribution in [0, 0.1) is 0 Å². The first-order valence-corrected chi connectivity index (χ1v) is 9.40. The van der Waals surface area contributed by atoms with Crippen molar-refractivity contribution in [2.75, 3.05) is 16.8 Å². The molecule has 1 unspecified atom stereocenters. The zero-order chi connectivity index (χ0) is 20.3. The number of aliphatic imine (C=N–C) groups is 1. The number of thioether (sulfide) groups is 1. The van der Waals surface area contributed by atoms with Crippen LogP contribution in [0.2, 0.25) is 5.02 Å². The van der Waals surface area contributed by atoms with Gasteiger partial charge in [-0.05, 0) is 42.5 Å². The highest BCUT2D eigenvalue weighted by molar-refractivity contribution is 8.15.